The second kappa shape index (κ2) is 9.89. The zero-order valence-corrected chi connectivity index (χ0v) is 9.84. The summed E-state index contributed by atoms with van der Waals surface area (Å²) in [5.41, 5.74) is 0. The van der Waals surface area contributed by atoms with E-state index in [1.165, 1.54) is 0 Å². The van der Waals surface area contributed by atoms with Crippen LogP contribution in [0.2, 0.25) is 0 Å². The highest BCUT2D eigenvalue weighted by molar-refractivity contribution is 5.81. The van der Waals surface area contributed by atoms with Crippen LogP contribution in [0.5, 0.6) is 0 Å². The van der Waals surface area contributed by atoms with Crippen molar-refractivity contribution in [3.8, 4) is 0 Å². The Labute approximate surface area is 91.5 Å². The Morgan fingerprint density at radius 2 is 2.07 bits per heavy atom. The molecule has 1 atom stereocenters. The van der Waals surface area contributed by atoms with Gasteiger partial charge in [-0.15, -0.1) is 0 Å². The fourth-order valence-electron chi connectivity index (χ4n) is 1.01. The van der Waals surface area contributed by atoms with E-state index in [1.807, 2.05) is 13.8 Å². The molecule has 0 heterocycles. The molecule has 0 aromatic rings. The Bertz CT molecular complexity index is 165. The van der Waals surface area contributed by atoms with Crippen molar-refractivity contribution in [1.82, 2.24) is 10.6 Å². The first kappa shape index (κ1) is 14.3. The molecule has 0 spiro atoms. The molecule has 1 amide bonds. The van der Waals surface area contributed by atoms with Crippen LogP contribution >= 0.6 is 0 Å². The minimum Gasteiger partial charge on any atom is -0.382 e. The molecule has 5 heteroatoms. The molecule has 0 saturated carbocycles. The first-order chi connectivity index (χ1) is 7.22. The highest BCUT2D eigenvalue weighted by Crippen LogP contribution is 1.82. The topological polar surface area (TPSA) is 59.6 Å². The van der Waals surface area contributed by atoms with Crippen molar-refractivity contribution in [3.05, 3.63) is 0 Å². The van der Waals surface area contributed by atoms with Crippen molar-refractivity contribution < 1.29 is 14.3 Å². The molecular weight excluding hydrogens is 196 g/mol. The molecule has 0 aromatic carbocycles. The van der Waals surface area contributed by atoms with Crippen LogP contribution in [-0.2, 0) is 14.3 Å². The van der Waals surface area contributed by atoms with Crippen molar-refractivity contribution in [2.24, 2.45) is 0 Å². The lowest BCUT2D eigenvalue weighted by atomic mass is 10.3. The van der Waals surface area contributed by atoms with Crippen molar-refractivity contribution in [2.75, 3.05) is 40.0 Å². The van der Waals surface area contributed by atoms with Crippen LogP contribution in [0.25, 0.3) is 0 Å². The van der Waals surface area contributed by atoms with Crippen molar-refractivity contribution in [1.29, 1.82) is 0 Å². The van der Waals surface area contributed by atoms with E-state index >= 15 is 0 Å². The molecule has 0 aliphatic carbocycles. The highest BCUT2D eigenvalue weighted by atomic mass is 16.5. The molecule has 90 valence electrons. The Balaban J connectivity index is 3.30. The van der Waals surface area contributed by atoms with E-state index < -0.39 is 0 Å². The molecule has 0 aliphatic heterocycles. The minimum atomic E-state index is -0.170. The summed E-state index contributed by atoms with van der Waals surface area (Å²) in [6, 6.07) is -0.170. The molecule has 0 saturated heterocycles. The highest BCUT2D eigenvalue weighted by Gasteiger charge is 2.09. The van der Waals surface area contributed by atoms with Crippen LogP contribution in [-0.4, -0.2) is 52.0 Å². The van der Waals surface area contributed by atoms with Crippen LogP contribution in [0.1, 0.15) is 13.8 Å². The van der Waals surface area contributed by atoms with Crippen molar-refractivity contribution >= 4 is 5.91 Å². The van der Waals surface area contributed by atoms with Gasteiger partial charge in [-0.3, -0.25) is 4.79 Å². The summed E-state index contributed by atoms with van der Waals surface area (Å²) in [5, 5.41) is 5.81. The van der Waals surface area contributed by atoms with Gasteiger partial charge in [-0.1, -0.05) is 0 Å². The van der Waals surface area contributed by atoms with Crippen LogP contribution < -0.4 is 10.6 Å². The Morgan fingerprint density at radius 1 is 1.33 bits per heavy atom. The summed E-state index contributed by atoms with van der Waals surface area (Å²) in [6.45, 7) is 6.85. The fraction of sp³-hybridized carbons (Fsp3) is 0.900. The summed E-state index contributed by atoms with van der Waals surface area (Å²) in [5.74, 6) is 0.0226. The summed E-state index contributed by atoms with van der Waals surface area (Å²) in [6.07, 6.45) is 0. The summed E-state index contributed by atoms with van der Waals surface area (Å²) < 4.78 is 10.1. The maximum atomic E-state index is 11.3. The lowest BCUT2D eigenvalue weighted by molar-refractivity contribution is -0.122. The van der Waals surface area contributed by atoms with Crippen molar-refractivity contribution in [2.45, 2.75) is 19.9 Å². The lowest BCUT2D eigenvalue weighted by Gasteiger charge is -2.13. The molecule has 0 radical (unpaired) electrons. The zero-order valence-electron chi connectivity index (χ0n) is 9.84. The molecule has 1 unspecified atom stereocenters. The normalized spacial score (nSPS) is 12.5. The number of ether oxygens (including phenoxy) is 2. The first-order valence-electron chi connectivity index (χ1n) is 5.30. The molecule has 2 N–H and O–H groups in total. The van der Waals surface area contributed by atoms with E-state index in [0.29, 0.717) is 32.9 Å². The van der Waals surface area contributed by atoms with Crippen LogP contribution in [0, 0.1) is 0 Å². The van der Waals surface area contributed by atoms with E-state index in [0.717, 1.165) is 0 Å². The predicted molar refractivity (Wildman–Crippen MR) is 58.8 cm³/mol. The Morgan fingerprint density at radius 3 is 2.67 bits per heavy atom. The second-order valence-electron chi connectivity index (χ2n) is 3.18. The van der Waals surface area contributed by atoms with Gasteiger partial charge in [0.1, 0.15) is 0 Å². The molecule has 0 rings (SSSR count). The third-order valence-corrected chi connectivity index (χ3v) is 1.87. The van der Waals surface area contributed by atoms with Gasteiger partial charge in [0.25, 0.3) is 0 Å². The van der Waals surface area contributed by atoms with Crippen molar-refractivity contribution in [3.63, 3.8) is 0 Å². The van der Waals surface area contributed by atoms with Gasteiger partial charge >= 0.3 is 0 Å². The smallest absolute Gasteiger partial charge is 0.236 e. The lowest BCUT2D eigenvalue weighted by Crippen LogP contribution is -2.43. The SMILES string of the molecule is CCNC(=O)C(C)NCCOCCOC. The summed E-state index contributed by atoms with van der Waals surface area (Å²) in [4.78, 5) is 11.3. The van der Waals surface area contributed by atoms with Gasteiger partial charge in [-0.25, -0.2) is 0 Å². The molecule has 0 aromatic heterocycles. The number of likely N-dealkylation sites (N-methyl/N-ethyl adjacent to an activating group) is 1. The van der Waals surface area contributed by atoms with Crippen LogP contribution in [0.4, 0.5) is 0 Å². The molecule has 5 nitrogen and oxygen atoms in total. The van der Waals surface area contributed by atoms with Gasteiger partial charge < -0.3 is 20.1 Å². The molecule has 15 heavy (non-hydrogen) atoms. The van der Waals surface area contributed by atoms with Gasteiger partial charge in [0, 0.05) is 20.2 Å². The fourth-order valence-corrected chi connectivity index (χ4v) is 1.01. The van der Waals surface area contributed by atoms with E-state index in [1.54, 1.807) is 7.11 Å². The number of hydrogen-bond acceptors (Lipinski definition) is 4. The molecule has 0 bridgehead atoms. The maximum Gasteiger partial charge on any atom is 0.236 e. The van der Waals surface area contributed by atoms with E-state index in [2.05, 4.69) is 10.6 Å². The zero-order chi connectivity index (χ0) is 11.5. The number of rotatable bonds is 9. The van der Waals surface area contributed by atoms with Gasteiger partial charge in [0.2, 0.25) is 5.91 Å². The summed E-state index contributed by atoms with van der Waals surface area (Å²) in [7, 11) is 1.64. The average Bonchev–Trinajstić information content (AvgIpc) is 2.23. The van der Waals surface area contributed by atoms with Gasteiger partial charge in [-0.2, -0.15) is 0 Å². The number of nitrogens with one attached hydrogen (secondary N) is 2. The molecule has 0 fully saturated rings. The van der Waals surface area contributed by atoms with Gasteiger partial charge in [0.05, 0.1) is 25.9 Å². The monoisotopic (exact) mass is 218 g/mol. The summed E-state index contributed by atoms with van der Waals surface area (Å²) >= 11 is 0. The Kier molecular flexibility index (Phi) is 9.46. The average molecular weight is 218 g/mol. The second-order valence-corrected chi connectivity index (χ2v) is 3.18. The molecule has 0 aliphatic rings. The number of amides is 1. The van der Waals surface area contributed by atoms with Gasteiger partial charge in [0.15, 0.2) is 0 Å². The van der Waals surface area contributed by atoms with E-state index in [9.17, 15) is 4.79 Å². The van der Waals surface area contributed by atoms with Crippen LogP contribution in [0.3, 0.4) is 0 Å². The third-order valence-electron chi connectivity index (χ3n) is 1.87. The first-order valence-corrected chi connectivity index (χ1v) is 5.30. The maximum absolute atomic E-state index is 11.3. The number of hydrogen-bond donors (Lipinski definition) is 2. The largest absolute Gasteiger partial charge is 0.382 e. The van der Waals surface area contributed by atoms with Crippen LogP contribution in [0.15, 0.2) is 0 Å². The quantitative estimate of drug-likeness (QED) is 0.525. The number of carbonyl (C=O) groups excluding carboxylic acids is 1. The Hall–Kier alpha value is -0.650. The molecular formula is C10H22N2O3. The van der Waals surface area contributed by atoms with E-state index in [4.69, 9.17) is 9.47 Å². The predicted octanol–water partition coefficient (Wildman–Crippen LogP) is -0.236. The third kappa shape index (κ3) is 8.35. The standard InChI is InChI=1S/C10H22N2O3/c1-4-11-10(13)9(2)12-5-6-15-8-7-14-3/h9,12H,4-8H2,1-3H3,(H,11,13). The number of carbonyl (C=O) groups is 1. The van der Waals surface area contributed by atoms with Gasteiger partial charge in [-0.05, 0) is 13.8 Å². The number of methoxy groups -OCH3 is 1. The minimum absolute atomic E-state index is 0.0226. The van der Waals surface area contributed by atoms with E-state index in [-0.39, 0.29) is 11.9 Å².